The number of fused-ring (bicyclic) bond motifs is 2. The van der Waals surface area contributed by atoms with Crippen LogP contribution >= 0.6 is 11.3 Å². The number of nitrogens with zero attached hydrogens (tertiary/aromatic N) is 2. The molecule has 1 amide bonds. The molecule has 150 valence electrons. The maximum absolute atomic E-state index is 12.8. The van der Waals surface area contributed by atoms with Gasteiger partial charge >= 0.3 is 0 Å². The van der Waals surface area contributed by atoms with Gasteiger partial charge in [0.05, 0.1) is 24.7 Å². The lowest BCUT2D eigenvalue weighted by Crippen LogP contribution is -2.29. The highest BCUT2D eigenvalue weighted by Crippen LogP contribution is 2.29. The van der Waals surface area contributed by atoms with Gasteiger partial charge in [0.1, 0.15) is 16.1 Å². The molecule has 0 aliphatic carbocycles. The van der Waals surface area contributed by atoms with Crippen LogP contribution in [0.15, 0.2) is 39.1 Å². The molecule has 29 heavy (non-hydrogen) atoms. The van der Waals surface area contributed by atoms with Crippen LogP contribution in [0.1, 0.15) is 42.3 Å². The number of carbonyl (C=O) groups is 1. The summed E-state index contributed by atoms with van der Waals surface area (Å²) in [5.41, 5.74) is 4.60. The fraction of sp³-hybridized carbons (Fsp3) is 0.318. The van der Waals surface area contributed by atoms with Crippen molar-refractivity contribution in [3.8, 4) is 0 Å². The molecule has 4 aromatic rings. The number of carbonyl (C=O) groups excluding carboxylic acids is 1. The van der Waals surface area contributed by atoms with Crippen LogP contribution in [0.5, 0.6) is 0 Å². The number of aromatic amines is 1. The summed E-state index contributed by atoms with van der Waals surface area (Å²) in [6.07, 6.45) is 1.90. The second-order valence-electron chi connectivity index (χ2n) is 7.69. The van der Waals surface area contributed by atoms with Crippen molar-refractivity contribution in [1.82, 2.24) is 14.9 Å². The van der Waals surface area contributed by atoms with Crippen LogP contribution < -0.4 is 5.56 Å². The molecule has 0 radical (unpaired) electrons. The van der Waals surface area contributed by atoms with E-state index in [1.807, 2.05) is 17.5 Å². The van der Waals surface area contributed by atoms with Crippen LogP contribution in [-0.2, 0) is 17.8 Å². The van der Waals surface area contributed by atoms with Crippen LogP contribution in [0.2, 0.25) is 0 Å². The summed E-state index contributed by atoms with van der Waals surface area (Å²) >= 11 is 1.36. The maximum atomic E-state index is 12.8. The number of aryl methyl sites for hydroxylation is 1. The van der Waals surface area contributed by atoms with Crippen LogP contribution in [0.4, 0.5) is 0 Å². The average Bonchev–Trinajstić information content (AvgIpc) is 3.28. The normalized spacial score (nSPS) is 11.6. The van der Waals surface area contributed by atoms with Gasteiger partial charge in [-0.2, -0.15) is 0 Å². The molecular weight excluding hydrogens is 386 g/mol. The van der Waals surface area contributed by atoms with E-state index in [1.165, 1.54) is 22.5 Å². The molecule has 4 rings (SSSR count). The Morgan fingerprint density at radius 2 is 2.14 bits per heavy atom. The van der Waals surface area contributed by atoms with Gasteiger partial charge in [-0.05, 0) is 47.5 Å². The van der Waals surface area contributed by atoms with Gasteiger partial charge in [-0.15, -0.1) is 11.3 Å². The molecule has 0 saturated heterocycles. The molecule has 0 fully saturated rings. The first kappa shape index (κ1) is 19.4. The smallest absolute Gasteiger partial charge is 0.268 e. The van der Waals surface area contributed by atoms with Crippen molar-refractivity contribution in [2.75, 3.05) is 7.05 Å². The van der Waals surface area contributed by atoms with Gasteiger partial charge in [0, 0.05) is 18.0 Å². The zero-order valence-electron chi connectivity index (χ0n) is 16.9. The van der Waals surface area contributed by atoms with E-state index in [-0.39, 0.29) is 24.4 Å². The monoisotopic (exact) mass is 409 g/mol. The summed E-state index contributed by atoms with van der Waals surface area (Å²) < 4.78 is 6.29. The zero-order valence-corrected chi connectivity index (χ0v) is 17.7. The van der Waals surface area contributed by atoms with Crippen molar-refractivity contribution < 1.29 is 9.21 Å². The second-order valence-corrected chi connectivity index (χ2v) is 8.61. The summed E-state index contributed by atoms with van der Waals surface area (Å²) in [5.74, 6) is 0.814. The van der Waals surface area contributed by atoms with Crippen molar-refractivity contribution in [2.45, 2.75) is 39.7 Å². The Hall–Kier alpha value is -2.93. The molecule has 1 aromatic carbocycles. The number of likely N-dealkylation sites (N-methyl/N-ethyl adjacent to an activating group) is 1. The fourth-order valence-electron chi connectivity index (χ4n) is 3.61. The lowest BCUT2D eigenvalue weighted by atomic mass is 9.95. The van der Waals surface area contributed by atoms with Gasteiger partial charge in [0.15, 0.2) is 0 Å². The lowest BCUT2D eigenvalue weighted by Gasteiger charge is -2.16. The summed E-state index contributed by atoms with van der Waals surface area (Å²) in [7, 11) is 1.71. The molecule has 3 heterocycles. The number of hydrogen-bond donors (Lipinski definition) is 1. The van der Waals surface area contributed by atoms with Gasteiger partial charge in [0.2, 0.25) is 5.91 Å². The maximum Gasteiger partial charge on any atom is 0.268 e. The van der Waals surface area contributed by atoms with Gasteiger partial charge in [-0.3, -0.25) is 9.59 Å². The SMILES string of the molecule is Cc1cc2occ(CC(=O)N(C)Cc3nc4ccsc4c(=O)[nH]3)c2cc1C(C)C. The molecule has 7 heteroatoms. The van der Waals surface area contributed by atoms with Crippen LogP contribution in [0, 0.1) is 6.92 Å². The quantitative estimate of drug-likeness (QED) is 0.531. The van der Waals surface area contributed by atoms with Crippen LogP contribution in [0.3, 0.4) is 0 Å². The second kappa shape index (κ2) is 7.48. The van der Waals surface area contributed by atoms with Gasteiger partial charge in [-0.1, -0.05) is 13.8 Å². The van der Waals surface area contributed by atoms with Crippen molar-refractivity contribution in [2.24, 2.45) is 0 Å². The first-order valence-electron chi connectivity index (χ1n) is 9.54. The molecule has 0 spiro atoms. The van der Waals surface area contributed by atoms with Gasteiger partial charge < -0.3 is 14.3 Å². The first-order valence-corrected chi connectivity index (χ1v) is 10.4. The minimum Gasteiger partial charge on any atom is -0.464 e. The predicted octanol–water partition coefficient (Wildman–Crippen LogP) is 4.36. The topological polar surface area (TPSA) is 79.2 Å². The Morgan fingerprint density at radius 3 is 2.90 bits per heavy atom. The molecule has 0 aliphatic rings. The molecule has 0 saturated carbocycles. The van der Waals surface area contributed by atoms with Crippen molar-refractivity contribution in [3.05, 3.63) is 62.7 Å². The standard InChI is InChI=1S/C22H23N3O3S/c1-12(2)15-9-16-14(11-28-18(16)7-13(15)3)8-20(26)25(4)10-19-23-17-5-6-29-21(17)22(27)24-19/h5-7,9,11-12H,8,10H2,1-4H3,(H,23,24,27). The number of aromatic nitrogens is 2. The Morgan fingerprint density at radius 1 is 1.34 bits per heavy atom. The Labute approximate surface area is 172 Å². The van der Waals surface area contributed by atoms with E-state index in [4.69, 9.17) is 4.42 Å². The first-order chi connectivity index (χ1) is 13.8. The Bertz CT molecular complexity index is 1270. The molecule has 0 aliphatic heterocycles. The molecule has 0 atom stereocenters. The minimum absolute atomic E-state index is 0.0626. The van der Waals surface area contributed by atoms with Gasteiger partial charge in [0.25, 0.3) is 5.56 Å². The number of furan rings is 1. The number of thiophene rings is 1. The molecular formula is C22H23N3O3S. The summed E-state index contributed by atoms with van der Waals surface area (Å²) in [4.78, 5) is 33.7. The Balaban J connectivity index is 1.55. The van der Waals surface area contributed by atoms with E-state index in [0.29, 0.717) is 22.0 Å². The Kier molecular flexibility index (Phi) is 5.00. The third-order valence-electron chi connectivity index (χ3n) is 5.18. The third kappa shape index (κ3) is 3.70. The highest BCUT2D eigenvalue weighted by Gasteiger charge is 2.17. The number of nitrogens with one attached hydrogen (secondary N) is 1. The zero-order chi connectivity index (χ0) is 20.7. The predicted molar refractivity (Wildman–Crippen MR) is 115 cm³/mol. The van der Waals surface area contributed by atoms with E-state index in [9.17, 15) is 9.59 Å². The summed E-state index contributed by atoms with van der Waals surface area (Å²) in [6, 6.07) is 5.98. The molecule has 1 N–H and O–H groups in total. The molecule has 0 bridgehead atoms. The number of H-pyrrole nitrogens is 1. The third-order valence-corrected chi connectivity index (χ3v) is 6.09. The fourth-order valence-corrected chi connectivity index (χ4v) is 4.34. The summed E-state index contributed by atoms with van der Waals surface area (Å²) in [5, 5.41) is 2.81. The van der Waals surface area contributed by atoms with E-state index < -0.39 is 0 Å². The summed E-state index contributed by atoms with van der Waals surface area (Å²) in [6.45, 7) is 6.63. The number of amides is 1. The van der Waals surface area contributed by atoms with E-state index in [0.717, 1.165) is 16.5 Å². The van der Waals surface area contributed by atoms with Gasteiger partial charge in [-0.25, -0.2) is 4.98 Å². The molecule has 3 aromatic heterocycles. The van der Waals surface area contributed by atoms with Crippen LogP contribution in [0.25, 0.3) is 21.2 Å². The average molecular weight is 410 g/mol. The minimum atomic E-state index is -0.168. The van der Waals surface area contributed by atoms with Crippen molar-refractivity contribution in [1.29, 1.82) is 0 Å². The van der Waals surface area contributed by atoms with Crippen LogP contribution in [-0.4, -0.2) is 27.8 Å². The van der Waals surface area contributed by atoms with E-state index in [2.05, 4.69) is 36.8 Å². The van der Waals surface area contributed by atoms with Crippen molar-refractivity contribution >= 4 is 38.4 Å². The highest BCUT2D eigenvalue weighted by molar-refractivity contribution is 7.17. The highest BCUT2D eigenvalue weighted by atomic mass is 32.1. The van der Waals surface area contributed by atoms with E-state index >= 15 is 0 Å². The lowest BCUT2D eigenvalue weighted by molar-refractivity contribution is -0.129. The van der Waals surface area contributed by atoms with E-state index in [1.54, 1.807) is 18.2 Å². The number of hydrogen-bond acceptors (Lipinski definition) is 5. The van der Waals surface area contributed by atoms with Crippen molar-refractivity contribution in [3.63, 3.8) is 0 Å². The molecule has 6 nitrogen and oxygen atoms in total. The molecule has 0 unspecified atom stereocenters. The number of benzene rings is 1. The number of rotatable bonds is 5. The largest absolute Gasteiger partial charge is 0.464 e.